The fourth-order valence-corrected chi connectivity index (χ4v) is 2.50. The molecule has 1 aromatic rings. The van der Waals surface area contributed by atoms with Crippen LogP contribution in [0.4, 0.5) is 0 Å². The molecule has 0 radical (unpaired) electrons. The van der Waals surface area contributed by atoms with Crippen molar-refractivity contribution in [1.82, 2.24) is 19.8 Å². The first-order valence-electron chi connectivity index (χ1n) is 6.77. The highest BCUT2D eigenvalue weighted by atomic mass is 15.2. The van der Waals surface area contributed by atoms with Crippen LogP contribution in [0, 0.1) is 5.92 Å². The van der Waals surface area contributed by atoms with Crippen molar-refractivity contribution in [3.05, 3.63) is 18.7 Å². The molecule has 96 valence electrons. The van der Waals surface area contributed by atoms with Crippen molar-refractivity contribution >= 4 is 0 Å². The summed E-state index contributed by atoms with van der Waals surface area (Å²) in [4.78, 5) is 6.63. The number of rotatable bonds is 6. The number of nitrogens with zero attached hydrogens (tertiary/aromatic N) is 3. The molecule has 0 saturated carbocycles. The normalized spacial score (nSPS) is 20.9. The van der Waals surface area contributed by atoms with Gasteiger partial charge in [0.05, 0.1) is 6.33 Å². The molecule has 0 amide bonds. The van der Waals surface area contributed by atoms with E-state index < -0.39 is 0 Å². The van der Waals surface area contributed by atoms with Crippen LogP contribution in [0.2, 0.25) is 0 Å². The van der Waals surface area contributed by atoms with Gasteiger partial charge in [0, 0.05) is 32.0 Å². The molecule has 1 aromatic heterocycles. The molecule has 0 aliphatic carbocycles. The summed E-state index contributed by atoms with van der Waals surface area (Å²) in [6.45, 7) is 9.21. The second kappa shape index (κ2) is 6.77. The average molecular weight is 236 g/mol. The van der Waals surface area contributed by atoms with Crippen LogP contribution in [0.5, 0.6) is 0 Å². The Labute approximate surface area is 104 Å². The smallest absolute Gasteiger partial charge is 0.0946 e. The van der Waals surface area contributed by atoms with Gasteiger partial charge < -0.3 is 14.8 Å². The highest BCUT2D eigenvalue weighted by molar-refractivity contribution is 4.76. The third-order valence-electron chi connectivity index (χ3n) is 3.60. The van der Waals surface area contributed by atoms with Crippen LogP contribution in [-0.4, -0.2) is 47.2 Å². The van der Waals surface area contributed by atoms with E-state index in [4.69, 9.17) is 0 Å². The summed E-state index contributed by atoms with van der Waals surface area (Å²) >= 11 is 0. The quantitative estimate of drug-likeness (QED) is 0.806. The number of aromatic nitrogens is 2. The number of hydrogen-bond donors (Lipinski definition) is 1. The Hall–Kier alpha value is -0.870. The third kappa shape index (κ3) is 4.13. The lowest BCUT2D eigenvalue weighted by Gasteiger charge is -2.29. The predicted octanol–water partition coefficient (Wildman–Crippen LogP) is 1.20. The monoisotopic (exact) mass is 236 g/mol. The summed E-state index contributed by atoms with van der Waals surface area (Å²) in [5.74, 6) is 0.839. The van der Waals surface area contributed by atoms with Crippen LogP contribution in [0.25, 0.3) is 0 Å². The Morgan fingerprint density at radius 3 is 3.12 bits per heavy atom. The SMILES string of the molecule is CCN(CCn1ccnc1)CC1CCCNC1. The molecule has 1 N–H and O–H groups in total. The summed E-state index contributed by atoms with van der Waals surface area (Å²) in [6.07, 6.45) is 8.51. The van der Waals surface area contributed by atoms with E-state index in [1.807, 2.05) is 18.7 Å². The van der Waals surface area contributed by atoms with E-state index in [1.165, 1.54) is 32.5 Å². The van der Waals surface area contributed by atoms with Gasteiger partial charge in [-0.2, -0.15) is 0 Å². The zero-order valence-electron chi connectivity index (χ0n) is 10.8. The van der Waals surface area contributed by atoms with Gasteiger partial charge in [-0.25, -0.2) is 4.98 Å². The lowest BCUT2D eigenvalue weighted by atomic mass is 9.99. The molecule has 0 aromatic carbocycles. The van der Waals surface area contributed by atoms with Crippen LogP contribution in [0.3, 0.4) is 0 Å². The predicted molar refractivity (Wildman–Crippen MR) is 69.9 cm³/mol. The summed E-state index contributed by atoms with van der Waals surface area (Å²) in [5.41, 5.74) is 0. The Morgan fingerprint density at radius 1 is 1.53 bits per heavy atom. The van der Waals surface area contributed by atoms with Crippen molar-refractivity contribution in [2.75, 3.05) is 32.7 Å². The van der Waals surface area contributed by atoms with Crippen molar-refractivity contribution in [3.63, 3.8) is 0 Å². The number of likely N-dealkylation sites (N-methyl/N-ethyl adjacent to an activating group) is 1. The van der Waals surface area contributed by atoms with Crippen molar-refractivity contribution in [2.45, 2.75) is 26.3 Å². The van der Waals surface area contributed by atoms with Crippen LogP contribution < -0.4 is 5.32 Å². The molecule has 1 aliphatic heterocycles. The van der Waals surface area contributed by atoms with Crippen molar-refractivity contribution < 1.29 is 0 Å². The first-order valence-corrected chi connectivity index (χ1v) is 6.77. The van der Waals surface area contributed by atoms with Crippen LogP contribution in [-0.2, 0) is 6.54 Å². The molecule has 2 rings (SSSR count). The van der Waals surface area contributed by atoms with Gasteiger partial charge in [-0.3, -0.25) is 0 Å². The Kier molecular flexibility index (Phi) is 5.01. The van der Waals surface area contributed by atoms with Crippen molar-refractivity contribution in [2.24, 2.45) is 5.92 Å². The van der Waals surface area contributed by atoms with E-state index in [9.17, 15) is 0 Å². The van der Waals surface area contributed by atoms with Gasteiger partial charge in [0.25, 0.3) is 0 Å². The van der Waals surface area contributed by atoms with E-state index in [2.05, 4.69) is 26.7 Å². The fourth-order valence-electron chi connectivity index (χ4n) is 2.50. The van der Waals surface area contributed by atoms with Gasteiger partial charge in [0.1, 0.15) is 0 Å². The highest BCUT2D eigenvalue weighted by Gasteiger charge is 2.15. The number of imidazole rings is 1. The highest BCUT2D eigenvalue weighted by Crippen LogP contribution is 2.11. The van der Waals surface area contributed by atoms with Crippen molar-refractivity contribution in [1.29, 1.82) is 0 Å². The molecule has 0 spiro atoms. The molecule has 4 nitrogen and oxygen atoms in total. The lowest BCUT2D eigenvalue weighted by Crippen LogP contribution is -2.39. The number of piperidine rings is 1. The largest absolute Gasteiger partial charge is 0.336 e. The molecule has 2 heterocycles. The molecule has 1 aliphatic rings. The lowest BCUT2D eigenvalue weighted by molar-refractivity contribution is 0.210. The van der Waals surface area contributed by atoms with Crippen LogP contribution in [0.15, 0.2) is 18.7 Å². The third-order valence-corrected chi connectivity index (χ3v) is 3.60. The van der Waals surface area contributed by atoms with Gasteiger partial charge in [0.2, 0.25) is 0 Å². The van der Waals surface area contributed by atoms with Gasteiger partial charge in [-0.15, -0.1) is 0 Å². The van der Waals surface area contributed by atoms with E-state index in [1.54, 1.807) is 0 Å². The molecule has 1 atom stereocenters. The van der Waals surface area contributed by atoms with Gasteiger partial charge >= 0.3 is 0 Å². The Morgan fingerprint density at radius 2 is 2.47 bits per heavy atom. The average Bonchev–Trinajstić information content (AvgIpc) is 2.89. The minimum Gasteiger partial charge on any atom is -0.336 e. The van der Waals surface area contributed by atoms with E-state index in [0.29, 0.717) is 0 Å². The number of nitrogens with one attached hydrogen (secondary N) is 1. The number of hydrogen-bond acceptors (Lipinski definition) is 3. The van der Waals surface area contributed by atoms with Crippen LogP contribution in [0.1, 0.15) is 19.8 Å². The first-order chi connectivity index (χ1) is 8.38. The molecular formula is C13H24N4. The summed E-state index contributed by atoms with van der Waals surface area (Å²) < 4.78 is 2.15. The Bertz CT molecular complexity index is 290. The molecule has 1 fully saturated rings. The van der Waals surface area contributed by atoms with Crippen LogP contribution >= 0.6 is 0 Å². The standard InChI is InChI=1S/C13H24N4/c1-2-16(8-9-17-7-6-15-12-17)11-13-4-3-5-14-10-13/h6-7,12-14H,2-5,8-11H2,1H3. The van der Waals surface area contributed by atoms with Gasteiger partial charge in [0.15, 0.2) is 0 Å². The minimum absolute atomic E-state index is 0.839. The van der Waals surface area contributed by atoms with Gasteiger partial charge in [-0.05, 0) is 38.4 Å². The zero-order valence-corrected chi connectivity index (χ0v) is 10.8. The molecule has 4 heteroatoms. The van der Waals surface area contributed by atoms with Gasteiger partial charge in [-0.1, -0.05) is 6.92 Å². The maximum Gasteiger partial charge on any atom is 0.0946 e. The van der Waals surface area contributed by atoms with E-state index >= 15 is 0 Å². The maximum atomic E-state index is 4.08. The second-order valence-electron chi connectivity index (χ2n) is 4.91. The summed E-state index contributed by atoms with van der Waals surface area (Å²) in [7, 11) is 0. The maximum absolute atomic E-state index is 4.08. The molecule has 0 bridgehead atoms. The zero-order chi connectivity index (χ0) is 11.9. The second-order valence-corrected chi connectivity index (χ2v) is 4.91. The summed E-state index contributed by atoms with van der Waals surface area (Å²) in [5, 5.41) is 3.49. The molecule has 1 unspecified atom stereocenters. The minimum atomic E-state index is 0.839. The molecular weight excluding hydrogens is 212 g/mol. The first kappa shape index (κ1) is 12.6. The van der Waals surface area contributed by atoms with Crippen molar-refractivity contribution in [3.8, 4) is 0 Å². The molecule has 17 heavy (non-hydrogen) atoms. The topological polar surface area (TPSA) is 33.1 Å². The Balaban J connectivity index is 1.72. The van der Waals surface area contributed by atoms with E-state index in [0.717, 1.165) is 25.6 Å². The molecule has 1 saturated heterocycles. The van der Waals surface area contributed by atoms with E-state index in [-0.39, 0.29) is 0 Å². The summed E-state index contributed by atoms with van der Waals surface area (Å²) in [6, 6.07) is 0. The fraction of sp³-hybridized carbons (Fsp3) is 0.769.